The molecule has 1 heterocycles. The maximum Gasteiger partial charge on any atom is 0.422 e. The number of alkyl halides is 3. The van der Waals surface area contributed by atoms with Gasteiger partial charge >= 0.3 is 6.18 Å². The molecule has 1 aliphatic heterocycles. The SMILES string of the molecule is O=C(c1cccc(OCC(F)(F)F)c1)N1CCN(Cc2ccccc2Br)CC1. The first-order valence-electron chi connectivity index (χ1n) is 8.86. The van der Waals surface area contributed by atoms with Crippen molar-refractivity contribution in [3.05, 3.63) is 64.1 Å². The van der Waals surface area contributed by atoms with Crippen molar-refractivity contribution < 1.29 is 22.7 Å². The van der Waals surface area contributed by atoms with Crippen LogP contribution < -0.4 is 4.74 Å². The predicted octanol–water partition coefficient (Wildman–Crippen LogP) is 4.35. The number of benzene rings is 2. The van der Waals surface area contributed by atoms with Gasteiger partial charge in [0, 0.05) is 42.8 Å². The molecule has 28 heavy (non-hydrogen) atoms. The largest absolute Gasteiger partial charge is 0.484 e. The number of ether oxygens (including phenoxy) is 1. The van der Waals surface area contributed by atoms with Gasteiger partial charge in [0.05, 0.1) is 0 Å². The summed E-state index contributed by atoms with van der Waals surface area (Å²) in [6.07, 6.45) is -4.41. The summed E-state index contributed by atoms with van der Waals surface area (Å²) in [7, 11) is 0. The van der Waals surface area contributed by atoms with Crippen LogP contribution in [0.1, 0.15) is 15.9 Å². The third-order valence-corrected chi connectivity index (χ3v) is 5.27. The summed E-state index contributed by atoms with van der Waals surface area (Å²) in [5.74, 6) is -0.159. The Morgan fingerprint density at radius 1 is 1.04 bits per heavy atom. The molecule has 2 aromatic carbocycles. The normalized spacial score (nSPS) is 15.5. The van der Waals surface area contributed by atoms with Gasteiger partial charge in [-0.2, -0.15) is 13.2 Å². The zero-order valence-electron chi connectivity index (χ0n) is 15.1. The molecule has 1 fully saturated rings. The van der Waals surface area contributed by atoms with Gasteiger partial charge in [0.1, 0.15) is 5.75 Å². The summed E-state index contributed by atoms with van der Waals surface area (Å²) in [4.78, 5) is 16.7. The van der Waals surface area contributed by atoms with E-state index in [2.05, 4.69) is 26.9 Å². The van der Waals surface area contributed by atoms with E-state index < -0.39 is 12.8 Å². The summed E-state index contributed by atoms with van der Waals surface area (Å²) in [5.41, 5.74) is 1.52. The molecule has 0 atom stereocenters. The second-order valence-corrected chi connectivity index (χ2v) is 7.45. The molecule has 3 rings (SSSR count). The lowest BCUT2D eigenvalue weighted by molar-refractivity contribution is -0.153. The molecule has 0 aliphatic carbocycles. The minimum absolute atomic E-state index is 0.0377. The Balaban J connectivity index is 1.56. The lowest BCUT2D eigenvalue weighted by Crippen LogP contribution is -2.48. The highest BCUT2D eigenvalue weighted by Crippen LogP contribution is 2.21. The lowest BCUT2D eigenvalue weighted by Gasteiger charge is -2.35. The third kappa shape index (κ3) is 5.72. The van der Waals surface area contributed by atoms with Crippen LogP contribution in [-0.4, -0.2) is 54.7 Å². The van der Waals surface area contributed by atoms with Crippen LogP contribution in [0.15, 0.2) is 53.0 Å². The van der Waals surface area contributed by atoms with E-state index in [0.717, 1.165) is 24.1 Å². The summed E-state index contributed by atoms with van der Waals surface area (Å²) >= 11 is 3.55. The second-order valence-electron chi connectivity index (χ2n) is 6.59. The summed E-state index contributed by atoms with van der Waals surface area (Å²) in [6.45, 7) is 2.02. The Bertz CT molecular complexity index is 821. The molecule has 0 spiro atoms. The molecule has 1 amide bonds. The zero-order valence-corrected chi connectivity index (χ0v) is 16.7. The van der Waals surface area contributed by atoms with Crippen LogP contribution in [0.25, 0.3) is 0 Å². The van der Waals surface area contributed by atoms with Gasteiger partial charge in [0.15, 0.2) is 6.61 Å². The van der Waals surface area contributed by atoms with E-state index in [1.54, 1.807) is 11.0 Å². The first-order chi connectivity index (χ1) is 13.3. The number of carbonyl (C=O) groups is 1. The van der Waals surface area contributed by atoms with E-state index in [-0.39, 0.29) is 11.7 Å². The van der Waals surface area contributed by atoms with Gasteiger partial charge in [-0.05, 0) is 29.8 Å². The lowest BCUT2D eigenvalue weighted by atomic mass is 10.1. The quantitative estimate of drug-likeness (QED) is 0.670. The van der Waals surface area contributed by atoms with Crippen molar-refractivity contribution >= 4 is 21.8 Å². The molecule has 8 heteroatoms. The molecule has 0 bridgehead atoms. The standard InChI is InChI=1S/C20H20BrF3N2O2/c21-18-7-2-1-4-16(18)13-25-8-10-26(11-9-25)19(27)15-5-3-6-17(12-15)28-14-20(22,23)24/h1-7,12H,8-11,13-14H2. The topological polar surface area (TPSA) is 32.8 Å². The van der Waals surface area contributed by atoms with Crippen molar-refractivity contribution in [3.8, 4) is 5.75 Å². The smallest absolute Gasteiger partial charge is 0.422 e. The first kappa shape index (κ1) is 20.7. The minimum Gasteiger partial charge on any atom is -0.484 e. The van der Waals surface area contributed by atoms with Crippen LogP contribution in [-0.2, 0) is 6.54 Å². The summed E-state index contributed by atoms with van der Waals surface area (Å²) in [6, 6.07) is 13.9. The first-order valence-corrected chi connectivity index (χ1v) is 9.66. The minimum atomic E-state index is -4.41. The highest BCUT2D eigenvalue weighted by Gasteiger charge is 2.28. The molecule has 1 aliphatic rings. The van der Waals surface area contributed by atoms with E-state index in [4.69, 9.17) is 4.74 Å². The van der Waals surface area contributed by atoms with Crippen LogP contribution in [0.2, 0.25) is 0 Å². The van der Waals surface area contributed by atoms with Gasteiger partial charge < -0.3 is 9.64 Å². The Labute approximate surface area is 170 Å². The molecule has 2 aromatic rings. The number of halogens is 4. The van der Waals surface area contributed by atoms with Crippen LogP contribution in [0, 0.1) is 0 Å². The molecule has 1 saturated heterocycles. The number of piperazine rings is 1. The zero-order chi connectivity index (χ0) is 20.1. The van der Waals surface area contributed by atoms with Crippen molar-refractivity contribution in [1.29, 1.82) is 0 Å². The number of amides is 1. The Morgan fingerprint density at radius 2 is 1.75 bits per heavy atom. The highest BCUT2D eigenvalue weighted by molar-refractivity contribution is 9.10. The average molecular weight is 457 g/mol. The molecule has 0 unspecified atom stereocenters. The van der Waals surface area contributed by atoms with E-state index in [9.17, 15) is 18.0 Å². The summed E-state index contributed by atoms with van der Waals surface area (Å²) in [5, 5.41) is 0. The maximum atomic E-state index is 12.7. The fourth-order valence-corrected chi connectivity index (χ4v) is 3.45. The molecule has 4 nitrogen and oxygen atoms in total. The third-order valence-electron chi connectivity index (χ3n) is 4.49. The van der Waals surface area contributed by atoms with Crippen LogP contribution in [0.4, 0.5) is 13.2 Å². The Morgan fingerprint density at radius 3 is 2.43 bits per heavy atom. The maximum absolute atomic E-state index is 12.7. The number of rotatable bonds is 5. The van der Waals surface area contributed by atoms with Crippen molar-refractivity contribution in [1.82, 2.24) is 9.80 Å². The molecular formula is C20H20BrF3N2O2. The Kier molecular flexibility index (Phi) is 6.61. The monoisotopic (exact) mass is 456 g/mol. The van der Waals surface area contributed by atoms with Gasteiger partial charge in [-0.15, -0.1) is 0 Å². The van der Waals surface area contributed by atoms with Gasteiger partial charge in [-0.25, -0.2) is 0 Å². The highest BCUT2D eigenvalue weighted by atomic mass is 79.9. The average Bonchev–Trinajstić information content (AvgIpc) is 2.68. The fourth-order valence-electron chi connectivity index (χ4n) is 3.04. The van der Waals surface area contributed by atoms with Gasteiger partial charge in [0.25, 0.3) is 5.91 Å². The van der Waals surface area contributed by atoms with E-state index in [1.165, 1.54) is 23.8 Å². The van der Waals surface area contributed by atoms with Crippen LogP contribution in [0.5, 0.6) is 5.75 Å². The van der Waals surface area contributed by atoms with Gasteiger partial charge in [0.2, 0.25) is 0 Å². The number of hydrogen-bond donors (Lipinski definition) is 0. The molecular weight excluding hydrogens is 437 g/mol. The molecule has 0 radical (unpaired) electrons. The van der Waals surface area contributed by atoms with Crippen LogP contribution >= 0.6 is 15.9 Å². The Hall–Kier alpha value is -2.06. The molecule has 0 N–H and O–H groups in total. The number of nitrogens with zero attached hydrogens (tertiary/aromatic N) is 2. The van der Waals surface area contributed by atoms with Gasteiger partial charge in [-0.1, -0.05) is 40.2 Å². The van der Waals surface area contributed by atoms with E-state index in [0.29, 0.717) is 18.7 Å². The van der Waals surface area contributed by atoms with Gasteiger partial charge in [-0.3, -0.25) is 9.69 Å². The van der Waals surface area contributed by atoms with Crippen molar-refractivity contribution in [2.24, 2.45) is 0 Å². The predicted molar refractivity (Wildman–Crippen MR) is 103 cm³/mol. The summed E-state index contributed by atoms with van der Waals surface area (Å²) < 4.78 is 42.7. The number of hydrogen-bond acceptors (Lipinski definition) is 3. The van der Waals surface area contributed by atoms with E-state index >= 15 is 0 Å². The fraction of sp³-hybridized carbons (Fsp3) is 0.350. The van der Waals surface area contributed by atoms with E-state index in [1.807, 2.05) is 18.2 Å². The van der Waals surface area contributed by atoms with Crippen molar-refractivity contribution in [3.63, 3.8) is 0 Å². The molecule has 150 valence electrons. The second kappa shape index (κ2) is 8.96. The number of carbonyl (C=O) groups excluding carboxylic acids is 1. The van der Waals surface area contributed by atoms with Crippen molar-refractivity contribution in [2.75, 3.05) is 32.8 Å². The van der Waals surface area contributed by atoms with Crippen molar-refractivity contribution in [2.45, 2.75) is 12.7 Å². The molecule has 0 saturated carbocycles. The van der Waals surface area contributed by atoms with Crippen LogP contribution in [0.3, 0.4) is 0 Å². The molecule has 0 aromatic heterocycles.